The Kier molecular flexibility index (Phi) is 7.55. The fraction of sp³-hybridized carbons (Fsp3) is 0.300. The number of hydrogen-bond donors (Lipinski definition) is 1. The molecule has 0 saturated carbocycles. The fourth-order valence-electron chi connectivity index (χ4n) is 2.86. The second kappa shape index (κ2) is 9.97. The van der Waals surface area contributed by atoms with Crippen molar-refractivity contribution in [3.63, 3.8) is 0 Å². The Balaban J connectivity index is 1.63. The number of halogens is 2. The highest BCUT2D eigenvalue weighted by molar-refractivity contribution is 7.89. The molecule has 166 valence electrons. The number of nitrogens with one attached hydrogen (secondary N) is 1. The van der Waals surface area contributed by atoms with Crippen molar-refractivity contribution in [1.29, 1.82) is 0 Å². The Morgan fingerprint density at radius 1 is 1.06 bits per heavy atom. The zero-order valence-corrected chi connectivity index (χ0v) is 18.8. The largest absolute Gasteiger partial charge is 0.449 e. The minimum absolute atomic E-state index is 0.0249. The molecule has 2 aromatic carbocycles. The van der Waals surface area contributed by atoms with Gasteiger partial charge in [-0.25, -0.2) is 13.2 Å². The van der Waals surface area contributed by atoms with Crippen LogP contribution in [-0.4, -0.2) is 57.0 Å². The molecule has 8 nitrogen and oxygen atoms in total. The highest BCUT2D eigenvalue weighted by atomic mass is 35.5. The number of benzene rings is 2. The van der Waals surface area contributed by atoms with E-state index in [4.69, 9.17) is 32.7 Å². The third-order valence-electron chi connectivity index (χ3n) is 4.55. The Morgan fingerprint density at radius 3 is 2.23 bits per heavy atom. The van der Waals surface area contributed by atoms with E-state index < -0.39 is 28.0 Å². The fourth-order valence-corrected chi connectivity index (χ4v) is 4.82. The first kappa shape index (κ1) is 23.5. The molecule has 0 bridgehead atoms. The number of anilines is 1. The topological polar surface area (TPSA) is 102 Å². The first-order chi connectivity index (χ1) is 14.7. The van der Waals surface area contributed by atoms with Gasteiger partial charge >= 0.3 is 5.97 Å². The summed E-state index contributed by atoms with van der Waals surface area (Å²) in [5.74, 6) is -1.43. The standard InChI is InChI=1S/C20H20Cl2N2O6S/c1-13(30-20(26)18-16(21)3-2-4-17(18)22)19(25)23-14-5-7-15(8-6-14)31(27,28)24-9-11-29-12-10-24/h2-8,13H,9-12H2,1H3,(H,23,25). The van der Waals surface area contributed by atoms with E-state index in [1.54, 1.807) is 6.07 Å². The Hall–Kier alpha value is -2.17. The molecule has 2 aromatic rings. The van der Waals surface area contributed by atoms with Crippen LogP contribution in [0.4, 0.5) is 5.69 Å². The Morgan fingerprint density at radius 2 is 1.65 bits per heavy atom. The molecular weight excluding hydrogens is 467 g/mol. The lowest BCUT2D eigenvalue weighted by atomic mass is 10.2. The Bertz CT molecular complexity index is 1050. The number of ether oxygens (including phenoxy) is 2. The van der Waals surface area contributed by atoms with Crippen molar-refractivity contribution in [2.75, 3.05) is 31.6 Å². The number of hydrogen-bond acceptors (Lipinski definition) is 6. The molecule has 11 heteroatoms. The summed E-state index contributed by atoms with van der Waals surface area (Å²) >= 11 is 12.0. The summed E-state index contributed by atoms with van der Waals surface area (Å²) in [6.07, 6.45) is -1.14. The first-order valence-corrected chi connectivity index (χ1v) is 11.5. The van der Waals surface area contributed by atoms with Crippen molar-refractivity contribution in [2.24, 2.45) is 0 Å². The molecule has 0 aliphatic carbocycles. The van der Waals surface area contributed by atoms with Gasteiger partial charge in [0.1, 0.15) is 0 Å². The van der Waals surface area contributed by atoms with Crippen LogP contribution < -0.4 is 5.32 Å². The van der Waals surface area contributed by atoms with Gasteiger partial charge in [-0.3, -0.25) is 4.79 Å². The quantitative estimate of drug-likeness (QED) is 0.628. The van der Waals surface area contributed by atoms with Crippen molar-refractivity contribution >= 4 is 50.8 Å². The minimum atomic E-state index is -3.63. The number of rotatable bonds is 6. The molecule has 1 aliphatic rings. The van der Waals surface area contributed by atoms with Gasteiger partial charge in [0, 0.05) is 18.8 Å². The highest BCUT2D eigenvalue weighted by Crippen LogP contribution is 2.25. The van der Waals surface area contributed by atoms with E-state index in [9.17, 15) is 18.0 Å². The van der Waals surface area contributed by atoms with Crippen molar-refractivity contribution in [2.45, 2.75) is 17.9 Å². The molecule has 1 N–H and O–H groups in total. The molecule has 1 heterocycles. The average Bonchev–Trinajstić information content (AvgIpc) is 2.74. The van der Waals surface area contributed by atoms with Gasteiger partial charge in [0.05, 0.1) is 33.7 Å². The van der Waals surface area contributed by atoms with Crippen LogP contribution in [0, 0.1) is 0 Å². The van der Waals surface area contributed by atoms with E-state index >= 15 is 0 Å². The smallest absolute Gasteiger partial charge is 0.341 e. The van der Waals surface area contributed by atoms with E-state index in [0.717, 1.165) is 0 Å². The molecular formula is C20H20Cl2N2O6S. The number of amides is 1. The lowest BCUT2D eigenvalue weighted by molar-refractivity contribution is -0.123. The molecule has 1 atom stereocenters. The van der Waals surface area contributed by atoms with Crippen LogP contribution in [0.3, 0.4) is 0 Å². The van der Waals surface area contributed by atoms with Crippen LogP contribution >= 0.6 is 23.2 Å². The summed E-state index contributed by atoms with van der Waals surface area (Å²) < 4.78 is 37.0. The van der Waals surface area contributed by atoms with E-state index in [1.165, 1.54) is 47.6 Å². The monoisotopic (exact) mass is 486 g/mol. The average molecular weight is 487 g/mol. The van der Waals surface area contributed by atoms with E-state index in [-0.39, 0.29) is 20.5 Å². The van der Waals surface area contributed by atoms with Crippen LogP contribution in [0.25, 0.3) is 0 Å². The van der Waals surface area contributed by atoms with Crippen LogP contribution in [0.1, 0.15) is 17.3 Å². The summed E-state index contributed by atoms with van der Waals surface area (Å²) in [5.41, 5.74) is 0.327. The summed E-state index contributed by atoms with van der Waals surface area (Å²) in [7, 11) is -3.63. The van der Waals surface area contributed by atoms with Gasteiger partial charge in [0.15, 0.2) is 6.10 Å². The van der Waals surface area contributed by atoms with Crippen LogP contribution in [0.2, 0.25) is 10.0 Å². The maximum absolute atomic E-state index is 12.6. The molecule has 1 saturated heterocycles. The predicted octanol–water partition coefficient (Wildman–Crippen LogP) is 3.20. The van der Waals surface area contributed by atoms with E-state index in [1.807, 2.05) is 0 Å². The van der Waals surface area contributed by atoms with Crippen LogP contribution in [0.5, 0.6) is 0 Å². The minimum Gasteiger partial charge on any atom is -0.449 e. The number of carbonyl (C=O) groups excluding carboxylic acids is 2. The summed E-state index contributed by atoms with van der Waals surface area (Å²) in [5, 5.41) is 2.80. The lowest BCUT2D eigenvalue weighted by Crippen LogP contribution is -2.40. The number of nitrogens with zero attached hydrogens (tertiary/aromatic N) is 1. The number of esters is 1. The van der Waals surface area contributed by atoms with Crippen LogP contribution in [0.15, 0.2) is 47.4 Å². The maximum Gasteiger partial charge on any atom is 0.341 e. The third kappa shape index (κ3) is 5.55. The number of carbonyl (C=O) groups is 2. The summed E-state index contributed by atoms with van der Waals surface area (Å²) in [6.45, 7) is 2.68. The van der Waals surface area contributed by atoms with Crippen molar-refractivity contribution < 1.29 is 27.5 Å². The second-order valence-electron chi connectivity index (χ2n) is 6.67. The van der Waals surface area contributed by atoms with Crippen molar-refractivity contribution in [3.8, 4) is 0 Å². The molecule has 3 rings (SSSR count). The molecule has 0 aromatic heterocycles. The highest BCUT2D eigenvalue weighted by Gasteiger charge is 2.26. The van der Waals surface area contributed by atoms with Crippen LogP contribution in [-0.2, 0) is 24.3 Å². The van der Waals surface area contributed by atoms with Gasteiger partial charge in [-0.05, 0) is 43.3 Å². The second-order valence-corrected chi connectivity index (χ2v) is 9.43. The van der Waals surface area contributed by atoms with E-state index in [2.05, 4.69) is 5.32 Å². The van der Waals surface area contributed by atoms with Gasteiger partial charge < -0.3 is 14.8 Å². The normalized spacial score (nSPS) is 15.8. The van der Waals surface area contributed by atoms with Gasteiger partial charge in [0.2, 0.25) is 10.0 Å². The molecule has 1 unspecified atom stereocenters. The van der Waals surface area contributed by atoms with Gasteiger partial charge in [-0.2, -0.15) is 4.31 Å². The van der Waals surface area contributed by atoms with E-state index in [0.29, 0.717) is 32.0 Å². The van der Waals surface area contributed by atoms with Gasteiger partial charge in [-0.15, -0.1) is 0 Å². The summed E-state index contributed by atoms with van der Waals surface area (Å²) in [6, 6.07) is 10.3. The first-order valence-electron chi connectivity index (χ1n) is 9.34. The molecule has 1 fully saturated rings. The molecule has 0 radical (unpaired) electrons. The van der Waals surface area contributed by atoms with Gasteiger partial charge in [-0.1, -0.05) is 29.3 Å². The molecule has 31 heavy (non-hydrogen) atoms. The SMILES string of the molecule is CC(OC(=O)c1c(Cl)cccc1Cl)C(=O)Nc1ccc(S(=O)(=O)N2CCOCC2)cc1. The number of sulfonamides is 1. The van der Waals surface area contributed by atoms with Gasteiger partial charge in [0.25, 0.3) is 5.91 Å². The zero-order valence-electron chi connectivity index (χ0n) is 16.5. The number of morpholine rings is 1. The molecule has 1 amide bonds. The maximum atomic E-state index is 12.6. The van der Waals surface area contributed by atoms with Crippen molar-refractivity contribution in [3.05, 3.63) is 58.1 Å². The summed E-state index contributed by atoms with van der Waals surface area (Å²) in [4.78, 5) is 24.8. The van der Waals surface area contributed by atoms with Crippen molar-refractivity contribution in [1.82, 2.24) is 4.31 Å². The lowest BCUT2D eigenvalue weighted by Gasteiger charge is -2.26. The zero-order chi connectivity index (χ0) is 22.6. The predicted molar refractivity (Wildman–Crippen MR) is 116 cm³/mol. The molecule has 1 aliphatic heterocycles. The Labute approximate surface area is 190 Å². The molecule has 0 spiro atoms. The third-order valence-corrected chi connectivity index (χ3v) is 7.09.